The van der Waals surface area contributed by atoms with Gasteiger partial charge in [-0.1, -0.05) is 23.7 Å². The van der Waals surface area contributed by atoms with E-state index in [0.29, 0.717) is 24.2 Å². The average molecular weight is 638 g/mol. The molecule has 15 heteroatoms. The second-order valence-electron chi connectivity index (χ2n) is 10.2. The molecule has 2 unspecified atom stereocenters. The van der Waals surface area contributed by atoms with Crippen LogP contribution in [0.15, 0.2) is 47.5 Å². The fraction of sp³-hybridized carbons (Fsp3) is 0.393. The molecule has 0 bridgehead atoms. The summed E-state index contributed by atoms with van der Waals surface area (Å²) in [6.07, 6.45) is 0.540. The molecule has 230 valence electrons. The SMILES string of the molecule is COc1cc(F)cc([C@@H](CO)NC(=O)[C@@H](C)N2Cc3ccc(-c4nc(NC5CCOCC5F)ncc4Cl)cc3S2(=O)=O)c1. The van der Waals surface area contributed by atoms with Gasteiger partial charge in [-0.15, -0.1) is 0 Å². The van der Waals surface area contributed by atoms with Crippen LogP contribution in [0.4, 0.5) is 14.7 Å². The van der Waals surface area contributed by atoms with Crippen LogP contribution in [-0.4, -0.2) is 78.9 Å². The van der Waals surface area contributed by atoms with Crippen molar-refractivity contribution in [3.05, 3.63) is 64.6 Å². The van der Waals surface area contributed by atoms with Gasteiger partial charge in [-0.05, 0) is 42.7 Å². The molecule has 2 aliphatic heterocycles. The van der Waals surface area contributed by atoms with E-state index in [2.05, 4.69) is 20.6 Å². The number of hydrogen-bond donors (Lipinski definition) is 3. The first-order valence-electron chi connectivity index (χ1n) is 13.4. The van der Waals surface area contributed by atoms with Gasteiger partial charge in [0, 0.05) is 24.8 Å². The summed E-state index contributed by atoms with van der Waals surface area (Å²) in [7, 11) is -2.78. The Hall–Kier alpha value is -3.43. The number of aliphatic hydroxyl groups is 1. The third-order valence-electron chi connectivity index (χ3n) is 7.44. The first-order chi connectivity index (χ1) is 20.5. The molecule has 3 aromatic rings. The molecule has 3 N–H and O–H groups in total. The number of amides is 1. The highest BCUT2D eigenvalue weighted by Gasteiger charge is 2.41. The Balaban J connectivity index is 1.35. The Labute approximate surface area is 252 Å². The second-order valence-corrected chi connectivity index (χ2v) is 12.5. The van der Waals surface area contributed by atoms with E-state index in [1.54, 1.807) is 12.1 Å². The van der Waals surface area contributed by atoms with Crippen LogP contribution in [0, 0.1) is 5.82 Å². The Bertz CT molecular complexity index is 1630. The van der Waals surface area contributed by atoms with Gasteiger partial charge in [-0.25, -0.2) is 27.2 Å². The highest BCUT2D eigenvalue weighted by atomic mass is 35.5. The molecule has 11 nitrogen and oxygen atoms in total. The van der Waals surface area contributed by atoms with Gasteiger partial charge in [0.1, 0.15) is 23.8 Å². The minimum atomic E-state index is -4.13. The molecule has 0 saturated carbocycles. The maximum Gasteiger partial charge on any atom is 0.244 e. The number of hydrogen-bond acceptors (Lipinski definition) is 9. The quantitative estimate of drug-likeness (QED) is 0.322. The zero-order valence-electron chi connectivity index (χ0n) is 23.3. The number of aromatic nitrogens is 2. The van der Waals surface area contributed by atoms with E-state index in [0.717, 1.165) is 16.4 Å². The minimum Gasteiger partial charge on any atom is -0.497 e. The highest BCUT2D eigenvalue weighted by Crippen LogP contribution is 2.37. The van der Waals surface area contributed by atoms with Crippen LogP contribution in [0.1, 0.15) is 30.5 Å². The molecule has 1 aromatic heterocycles. The van der Waals surface area contributed by atoms with Crippen LogP contribution in [0.25, 0.3) is 11.3 Å². The summed E-state index contributed by atoms with van der Waals surface area (Å²) in [6.45, 7) is 1.16. The lowest BCUT2D eigenvalue weighted by molar-refractivity contribution is -0.125. The Morgan fingerprint density at radius 1 is 1.30 bits per heavy atom. The first kappa shape index (κ1) is 31.0. The van der Waals surface area contributed by atoms with Gasteiger partial charge < -0.3 is 25.2 Å². The van der Waals surface area contributed by atoms with E-state index in [9.17, 15) is 27.1 Å². The number of anilines is 1. The van der Waals surface area contributed by atoms with Crippen molar-refractivity contribution in [3.63, 3.8) is 0 Å². The number of benzene rings is 2. The zero-order chi connectivity index (χ0) is 30.9. The summed E-state index contributed by atoms with van der Waals surface area (Å²) >= 11 is 6.37. The van der Waals surface area contributed by atoms with Crippen LogP contribution in [0.3, 0.4) is 0 Å². The van der Waals surface area contributed by atoms with Crippen molar-refractivity contribution < 1.29 is 36.6 Å². The second kappa shape index (κ2) is 12.7. The Morgan fingerprint density at radius 3 is 2.81 bits per heavy atom. The first-order valence-corrected chi connectivity index (χ1v) is 15.3. The van der Waals surface area contributed by atoms with E-state index in [1.807, 2.05) is 0 Å². The van der Waals surface area contributed by atoms with E-state index < -0.39 is 52.7 Å². The van der Waals surface area contributed by atoms with Crippen LogP contribution >= 0.6 is 11.6 Å². The zero-order valence-corrected chi connectivity index (χ0v) is 24.8. The molecular formula is C28H30ClF2N5O6S. The fourth-order valence-electron chi connectivity index (χ4n) is 5.03. The summed E-state index contributed by atoms with van der Waals surface area (Å²) in [5, 5.41) is 15.6. The normalized spacial score (nSPS) is 21.1. The number of carbonyl (C=O) groups excluding carboxylic acids is 1. The summed E-state index contributed by atoms with van der Waals surface area (Å²) in [4.78, 5) is 21.7. The van der Waals surface area contributed by atoms with Crippen LogP contribution in [-0.2, 0) is 26.1 Å². The highest BCUT2D eigenvalue weighted by molar-refractivity contribution is 7.89. The number of sulfonamides is 1. The van der Waals surface area contributed by atoms with Gasteiger partial charge in [-0.2, -0.15) is 4.31 Å². The number of aliphatic hydroxyl groups excluding tert-OH is 1. The number of nitrogens with one attached hydrogen (secondary N) is 2. The molecule has 43 heavy (non-hydrogen) atoms. The van der Waals surface area contributed by atoms with E-state index in [1.165, 1.54) is 32.4 Å². The molecule has 1 saturated heterocycles. The number of ether oxygens (including phenoxy) is 2. The molecule has 0 aliphatic carbocycles. The van der Waals surface area contributed by atoms with Crippen LogP contribution in [0.5, 0.6) is 5.75 Å². The van der Waals surface area contributed by atoms with Crippen molar-refractivity contribution in [3.8, 4) is 17.0 Å². The molecule has 2 aliphatic rings. The average Bonchev–Trinajstić information content (AvgIpc) is 3.26. The van der Waals surface area contributed by atoms with Crippen molar-refractivity contribution >= 4 is 33.5 Å². The number of alkyl halides is 1. The third-order valence-corrected chi connectivity index (χ3v) is 9.72. The van der Waals surface area contributed by atoms with Gasteiger partial charge in [0.05, 0.1) is 54.2 Å². The summed E-state index contributed by atoms with van der Waals surface area (Å²) in [6, 6.07) is 5.76. The minimum absolute atomic E-state index is 0.0179. The maximum atomic E-state index is 14.3. The number of halogens is 3. The standard InChI is InChI=1S/C28H30ClF2N5O6S/c1-15(27(38)33-24(13-37)18-7-19(30)10-20(8-18)41-2)36-12-17-4-3-16(9-25(17)43(36,39)40)26-21(29)11-32-28(35-26)34-23-5-6-42-14-22(23)31/h3-4,7-11,15,22-24,37H,5-6,12-14H2,1-2H3,(H,33,38)(H,32,34,35)/t15-,22?,23?,24-/m1/s1. The third kappa shape index (κ3) is 6.43. The largest absolute Gasteiger partial charge is 0.497 e. The summed E-state index contributed by atoms with van der Waals surface area (Å²) < 4.78 is 66.7. The van der Waals surface area contributed by atoms with E-state index >= 15 is 0 Å². The molecular weight excluding hydrogens is 608 g/mol. The van der Waals surface area contributed by atoms with E-state index in [4.69, 9.17) is 21.1 Å². The molecule has 1 fully saturated rings. The predicted octanol–water partition coefficient (Wildman–Crippen LogP) is 3.23. The molecule has 2 aromatic carbocycles. The van der Waals surface area contributed by atoms with Crippen LogP contribution in [0.2, 0.25) is 5.02 Å². The van der Waals surface area contributed by atoms with Gasteiger partial charge in [0.25, 0.3) is 0 Å². The topological polar surface area (TPSA) is 143 Å². The molecule has 3 heterocycles. The summed E-state index contributed by atoms with van der Waals surface area (Å²) in [5.74, 6) is -0.970. The van der Waals surface area contributed by atoms with Crippen molar-refractivity contribution in [1.82, 2.24) is 19.6 Å². The molecule has 0 spiro atoms. The predicted molar refractivity (Wildman–Crippen MR) is 153 cm³/mol. The molecule has 0 radical (unpaired) electrons. The Morgan fingerprint density at radius 2 is 2.09 bits per heavy atom. The molecule has 4 atom stereocenters. The lowest BCUT2D eigenvalue weighted by Gasteiger charge is -2.26. The maximum absolute atomic E-state index is 14.3. The monoisotopic (exact) mass is 637 g/mol. The number of nitrogens with zero attached hydrogens (tertiary/aromatic N) is 3. The fourth-order valence-corrected chi connectivity index (χ4v) is 7.04. The molecule has 5 rings (SSSR count). The van der Waals surface area contributed by atoms with Gasteiger partial charge >= 0.3 is 0 Å². The van der Waals surface area contributed by atoms with Crippen molar-refractivity contribution in [1.29, 1.82) is 0 Å². The van der Waals surface area contributed by atoms with Gasteiger partial charge in [-0.3, -0.25) is 4.79 Å². The van der Waals surface area contributed by atoms with Crippen LogP contribution < -0.4 is 15.4 Å². The number of methoxy groups -OCH3 is 1. The summed E-state index contributed by atoms with van der Waals surface area (Å²) in [5.41, 5.74) is 1.36. The number of rotatable bonds is 9. The van der Waals surface area contributed by atoms with Gasteiger partial charge in [0.2, 0.25) is 21.9 Å². The lowest BCUT2D eigenvalue weighted by atomic mass is 10.1. The molecule has 1 amide bonds. The smallest absolute Gasteiger partial charge is 0.244 e. The van der Waals surface area contributed by atoms with E-state index in [-0.39, 0.29) is 46.0 Å². The van der Waals surface area contributed by atoms with Gasteiger partial charge in [0.15, 0.2) is 0 Å². The van der Waals surface area contributed by atoms with Crippen molar-refractivity contribution in [2.45, 2.75) is 49.1 Å². The lowest BCUT2D eigenvalue weighted by Crippen LogP contribution is -2.46. The Kier molecular flexibility index (Phi) is 9.13. The number of fused-ring (bicyclic) bond motifs is 1. The van der Waals surface area contributed by atoms with Crippen molar-refractivity contribution in [2.24, 2.45) is 0 Å². The van der Waals surface area contributed by atoms with Crippen molar-refractivity contribution in [2.75, 3.05) is 32.2 Å². The number of carbonyl (C=O) groups is 1.